The van der Waals surface area contributed by atoms with Crippen LogP contribution >= 0.6 is 0 Å². The first kappa shape index (κ1) is 10.6. The maximum atomic E-state index is 5.37. The molecule has 1 fully saturated rings. The summed E-state index contributed by atoms with van der Waals surface area (Å²) >= 11 is 0. The molecule has 0 aromatic carbocycles. The van der Waals surface area contributed by atoms with Gasteiger partial charge in [0.1, 0.15) is 0 Å². The molecule has 0 spiro atoms. The Morgan fingerprint density at radius 3 is 2.77 bits per heavy atom. The fraction of sp³-hybridized carbons (Fsp3) is 0.833. The Morgan fingerprint density at radius 1 is 1.54 bits per heavy atom. The van der Waals surface area contributed by atoms with Crippen LogP contribution in [0.5, 0.6) is 0 Å². The van der Waals surface area contributed by atoms with Crippen LogP contribution in [0.1, 0.15) is 39.5 Å². The van der Waals surface area contributed by atoms with Crippen LogP contribution in [0.2, 0.25) is 0 Å². The minimum Gasteiger partial charge on any atom is -0.313 e. The summed E-state index contributed by atoms with van der Waals surface area (Å²) in [6, 6.07) is 0.569. The number of nitrogens with one attached hydrogen (secondary N) is 1. The van der Waals surface area contributed by atoms with E-state index in [1.807, 2.05) is 0 Å². The van der Waals surface area contributed by atoms with Gasteiger partial charge in [0.25, 0.3) is 0 Å². The molecule has 1 saturated carbocycles. The normalized spacial score (nSPS) is 29.9. The Hall–Kier alpha value is -0.480. The summed E-state index contributed by atoms with van der Waals surface area (Å²) in [7, 11) is 0. The van der Waals surface area contributed by atoms with E-state index in [4.69, 9.17) is 6.42 Å². The van der Waals surface area contributed by atoms with Crippen LogP contribution in [0.25, 0.3) is 0 Å². The third-order valence-electron chi connectivity index (χ3n) is 3.11. The van der Waals surface area contributed by atoms with E-state index in [0.29, 0.717) is 6.04 Å². The van der Waals surface area contributed by atoms with Gasteiger partial charge >= 0.3 is 0 Å². The molecule has 1 aliphatic rings. The maximum absolute atomic E-state index is 5.37. The van der Waals surface area contributed by atoms with E-state index in [1.165, 1.54) is 19.3 Å². The molecule has 0 amide bonds. The predicted octanol–water partition coefficient (Wildman–Crippen LogP) is 2.42. The highest BCUT2D eigenvalue weighted by atomic mass is 14.9. The highest BCUT2D eigenvalue weighted by Gasteiger charge is 2.27. The molecule has 1 nitrogen and oxygen atoms in total. The average Bonchev–Trinajstić information content (AvgIpc) is 2.51. The molecule has 13 heavy (non-hydrogen) atoms. The van der Waals surface area contributed by atoms with E-state index in [-0.39, 0.29) is 0 Å². The quantitative estimate of drug-likeness (QED) is 0.654. The number of terminal acetylenes is 1. The first-order valence-corrected chi connectivity index (χ1v) is 5.44. The molecule has 3 atom stereocenters. The van der Waals surface area contributed by atoms with E-state index >= 15 is 0 Å². The predicted molar refractivity (Wildman–Crippen MR) is 57.4 cm³/mol. The van der Waals surface area contributed by atoms with Crippen molar-refractivity contribution in [3.8, 4) is 12.3 Å². The lowest BCUT2D eigenvalue weighted by molar-refractivity contribution is 0.361. The first-order valence-electron chi connectivity index (χ1n) is 5.44. The van der Waals surface area contributed by atoms with Crippen LogP contribution in [-0.2, 0) is 0 Å². The Morgan fingerprint density at radius 2 is 2.31 bits per heavy atom. The number of hydrogen-bond donors (Lipinski definition) is 1. The third-order valence-corrected chi connectivity index (χ3v) is 3.11. The first-order chi connectivity index (χ1) is 6.27. The third kappa shape index (κ3) is 3.04. The Kier molecular flexibility index (Phi) is 4.32. The molecule has 0 saturated heterocycles. The number of hydrogen-bond acceptors (Lipinski definition) is 1. The van der Waals surface area contributed by atoms with Gasteiger partial charge in [-0.25, -0.2) is 0 Å². The Bertz CT molecular complexity index is 180. The van der Waals surface area contributed by atoms with Crippen LogP contribution in [-0.4, -0.2) is 12.6 Å². The van der Waals surface area contributed by atoms with E-state index in [1.54, 1.807) is 0 Å². The Balaban J connectivity index is 2.40. The molecule has 0 aromatic heterocycles. The SMILES string of the molecule is C#CCC(NCC)C1CCC(C)C1. The second-order valence-electron chi connectivity index (χ2n) is 4.25. The molecule has 0 aromatic rings. The molecule has 0 radical (unpaired) electrons. The van der Waals surface area contributed by atoms with Gasteiger partial charge in [-0.1, -0.05) is 20.3 Å². The van der Waals surface area contributed by atoms with Gasteiger partial charge in [-0.05, 0) is 31.2 Å². The summed E-state index contributed by atoms with van der Waals surface area (Å²) in [5.41, 5.74) is 0. The van der Waals surface area contributed by atoms with Gasteiger partial charge in [0, 0.05) is 12.5 Å². The summed E-state index contributed by atoms with van der Waals surface area (Å²) < 4.78 is 0. The maximum Gasteiger partial charge on any atom is 0.0243 e. The van der Waals surface area contributed by atoms with Crippen molar-refractivity contribution in [1.29, 1.82) is 0 Å². The standard InChI is InChI=1S/C12H21N/c1-4-6-12(13-5-2)11-8-7-10(3)9-11/h1,10-13H,5-9H2,2-3H3. The molecule has 74 valence electrons. The molecule has 1 aliphatic carbocycles. The van der Waals surface area contributed by atoms with E-state index < -0.39 is 0 Å². The number of rotatable bonds is 4. The van der Waals surface area contributed by atoms with Crippen molar-refractivity contribution in [2.75, 3.05) is 6.54 Å². The second kappa shape index (κ2) is 5.29. The zero-order valence-corrected chi connectivity index (χ0v) is 8.84. The van der Waals surface area contributed by atoms with Crippen molar-refractivity contribution in [3.63, 3.8) is 0 Å². The fourth-order valence-corrected chi connectivity index (χ4v) is 2.41. The summed E-state index contributed by atoms with van der Waals surface area (Å²) in [6.45, 7) is 5.54. The van der Waals surface area contributed by atoms with E-state index in [0.717, 1.165) is 24.8 Å². The van der Waals surface area contributed by atoms with Crippen molar-refractivity contribution < 1.29 is 0 Å². The topological polar surface area (TPSA) is 12.0 Å². The van der Waals surface area contributed by atoms with Crippen molar-refractivity contribution >= 4 is 0 Å². The van der Waals surface area contributed by atoms with Crippen LogP contribution in [0.4, 0.5) is 0 Å². The second-order valence-corrected chi connectivity index (χ2v) is 4.25. The molecule has 1 heteroatoms. The zero-order chi connectivity index (χ0) is 9.68. The minimum atomic E-state index is 0.569. The van der Waals surface area contributed by atoms with Gasteiger partial charge in [0.2, 0.25) is 0 Å². The van der Waals surface area contributed by atoms with E-state index in [2.05, 4.69) is 25.1 Å². The smallest absolute Gasteiger partial charge is 0.0243 e. The Labute approximate surface area is 82.3 Å². The molecule has 0 aliphatic heterocycles. The summed E-state index contributed by atoms with van der Waals surface area (Å²) in [5, 5.41) is 3.50. The summed E-state index contributed by atoms with van der Waals surface area (Å²) in [5.74, 6) is 4.51. The molecule has 1 N–H and O–H groups in total. The van der Waals surface area contributed by atoms with Crippen molar-refractivity contribution in [3.05, 3.63) is 0 Å². The molecule has 3 unspecified atom stereocenters. The van der Waals surface area contributed by atoms with E-state index in [9.17, 15) is 0 Å². The van der Waals surface area contributed by atoms with Crippen molar-refractivity contribution in [2.45, 2.75) is 45.6 Å². The van der Waals surface area contributed by atoms with Gasteiger partial charge in [-0.3, -0.25) is 0 Å². The van der Waals surface area contributed by atoms with Crippen LogP contribution in [0, 0.1) is 24.2 Å². The van der Waals surface area contributed by atoms with Crippen molar-refractivity contribution in [2.24, 2.45) is 11.8 Å². The minimum absolute atomic E-state index is 0.569. The summed E-state index contributed by atoms with van der Waals surface area (Å²) in [4.78, 5) is 0. The lowest BCUT2D eigenvalue weighted by Gasteiger charge is -2.22. The zero-order valence-electron chi connectivity index (χ0n) is 8.84. The van der Waals surface area contributed by atoms with Gasteiger partial charge < -0.3 is 5.32 Å². The van der Waals surface area contributed by atoms with Crippen LogP contribution in [0.3, 0.4) is 0 Å². The van der Waals surface area contributed by atoms with Gasteiger partial charge in [-0.15, -0.1) is 12.3 Å². The average molecular weight is 179 g/mol. The monoisotopic (exact) mass is 179 g/mol. The molecule has 0 bridgehead atoms. The molecule has 1 rings (SSSR count). The van der Waals surface area contributed by atoms with Crippen molar-refractivity contribution in [1.82, 2.24) is 5.32 Å². The van der Waals surface area contributed by atoms with Crippen LogP contribution in [0.15, 0.2) is 0 Å². The van der Waals surface area contributed by atoms with Gasteiger partial charge in [-0.2, -0.15) is 0 Å². The highest BCUT2D eigenvalue weighted by Crippen LogP contribution is 2.33. The molecule has 0 heterocycles. The largest absolute Gasteiger partial charge is 0.313 e. The van der Waals surface area contributed by atoms with Gasteiger partial charge in [0.15, 0.2) is 0 Å². The van der Waals surface area contributed by atoms with Crippen LogP contribution < -0.4 is 5.32 Å². The summed E-state index contributed by atoms with van der Waals surface area (Å²) in [6.07, 6.45) is 10.4. The molecular weight excluding hydrogens is 158 g/mol. The molecular formula is C12H21N. The highest BCUT2D eigenvalue weighted by molar-refractivity contribution is 4.94. The lowest BCUT2D eigenvalue weighted by atomic mass is 9.94. The lowest BCUT2D eigenvalue weighted by Crippen LogP contribution is -2.34. The fourth-order valence-electron chi connectivity index (χ4n) is 2.41. The van der Waals surface area contributed by atoms with Gasteiger partial charge in [0.05, 0.1) is 0 Å².